The van der Waals surface area contributed by atoms with E-state index in [9.17, 15) is 9.59 Å². The van der Waals surface area contributed by atoms with E-state index in [0.29, 0.717) is 32.6 Å². The Bertz CT molecular complexity index is 1060. The predicted molar refractivity (Wildman–Crippen MR) is 110 cm³/mol. The van der Waals surface area contributed by atoms with Crippen LogP contribution in [0, 0.1) is 0 Å². The van der Waals surface area contributed by atoms with E-state index >= 15 is 0 Å². The number of rotatable bonds is 3. The quantitative estimate of drug-likeness (QED) is 0.744. The number of hydrogen-bond donors (Lipinski definition) is 1. The molecule has 7 heteroatoms. The first-order valence-electron chi connectivity index (χ1n) is 10.4. The third-order valence-corrected chi connectivity index (χ3v) is 6.15. The van der Waals surface area contributed by atoms with Gasteiger partial charge in [0, 0.05) is 49.8 Å². The number of aryl methyl sites for hydroxylation is 1. The molecule has 0 saturated carbocycles. The van der Waals surface area contributed by atoms with Gasteiger partial charge in [0.25, 0.3) is 5.91 Å². The second kappa shape index (κ2) is 7.39. The molecule has 2 aliphatic heterocycles. The third-order valence-electron chi connectivity index (χ3n) is 6.15. The van der Waals surface area contributed by atoms with Crippen molar-refractivity contribution in [3.63, 3.8) is 0 Å². The molecular formula is C22H25N5O2. The number of aromatic amines is 1. The predicted octanol–water partition coefficient (Wildman–Crippen LogP) is 2.23. The Labute approximate surface area is 169 Å². The fourth-order valence-electron chi connectivity index (χ4n) is 4.48. The number of nitrogens with zero attached hydrogens (tertiary/aromatic N) is 4. The van der Waals surface area contributed by atoms with E-state index in [4.69, 9.17) is 0 Å². The minimum Gasteiger partial charge on any atom is -0.361 e. The molecule has 2 amide bonds. The number of para-hydroxylation sites is 1. The van der Waals surface area contributed by atoms with E-state index in [2.05, 4.69) is 10.1 Å². The van der Waals surface area contributed by atoms with Crippen molar-refractivity contribution in [1.82, 2.24) is 24.6 Å². The first-order chi connectivity index (χ1) is 14.2. The Morgan fingerprint density at radius 3 is 2.66 bits per heavy atom. The highest BCUT2D eigenvalue weighted by molar-refractivity contribution is 5.95. The van der Waals surface area contributed by atoms with Crippen LogP contribution in [0.1, 0.15) is 34.5 Å². The maximum atomic E-state index is 13.0. The van der Waals surface area contributed by atoms with Crippen LogP contribution in [-0.2, 0) is 24.2 Å². The standard InChI is InChI=1S/C22H25N5O2/c28-21(13-16-14-23-19-6-2-1-5-17(16)19)25-9-11-26(12-10-25)22(29)18-15-24-27-8-4-3-7-20(18)27/h1-2,5-6,14-15,23H,3-4,7-13H2. The Morgan fingerprint density at radius 2 is 1.79 bits per heavy atom. The molecule has 3 aromatic rings. The molecule has 0 radical (unpaired) electrons. The average Bonchev–Trinajstić information content (AvgIpc) is 3.38. The molecule has 2 aliphatic rings. The van der Waals surface area contributed by atoms with Crippen molar-refractivity contribution >= 4 is 22.7 Å². The van der Waals surface area contributed by atoms with Gasteiger partial charge in [-0.1, -0.05) is 18.2 Å². The summed E-state index contributed by atoms with van der Waals surface area (Å²) in [5.74, 6) is 0.168. The maximum absolute atomic E-state index is 13.0. The van der Waals surface area contributed by atoms with Crippen LogP contribution in [0.15, 0.2) is 36.7 Å². The highest BCUT2D eigenvalue weighted by atomic mass is 16.2. The van der Waals surface area contributed by atoms with Crippen molar-refractivity contribution in [2.45, 2.75) is 32.2 Å². The van der Waals surface area contributed by atoms with Gasteiger partial charge in [-0.25, -0.2) is 0 Å². The third kappa shape index (κ3) is 3.30. The van der Waals surface area contributed by atoms with Crippen molar-refractivity contribution < 1.29 is 9.59 Å². The molecule has 1 fully saturated rings. The highest BCUT2D eigenvalue weighted by Gasteiger charge is 2.28. The normalized spacial score (nSPS) is 16.8. The summed E-state index contributed by atoms with van der Waals surface area (Å²) in [4.78, 5) is 32.7. The highest BCUT2D eigenvalue weighted by Crippen LogP contribution is 2.21. The van der Waals surface area contributed by atoms with E-state index in [1.165, 1.54) is 0 Å². The lowest BCUT2D eigenvalue weighted by molar-refractivity contribution is -0.131. The summed E-state index contributed by atoms with van der Waals surface area (Å²) >= 11 is 0. The summed E-state index contributed by atoms with van der Waals surface area (Å²) in [7, 11) is 0. The van der Waals surface area contributed by atoms with Gasteiger partial charge in [-0.3, -0.25) is 14.3 Å². The SMILES string of the molecule is O=C(Cc1c[nH]c2ccccc12)N1CCN(C(=O)c2cnn3c2CCCC3)CC1. The summed E-state index contributed by atoms with van der Waals surface area (Å²) in [6.07, 6.45) is 7.18. The monoisotopic (exact) mass is 391 g/mol. The molecule has 5 rings (SSSR count). The van der Waals surface area contributed by atoms with Crippen molar-refractivity contribution in [3.8, 4) is 0 Å². The molecule has 0 unspecified atom stereocenters. The molecular weight excluding hydrogens is 366 g/mol. The second-order valence-corrected chi connectivity index (χ2v) is 7.89. The second-order valence-electron chi connectivity index (χ2n) is 7.89. The number of carbonyl (C=O) groups is 2. The maximum Gasteiger partial charge on any atom is 0.257 e. The van der Waals surface area contributed by atoms with Gasteiger partial charge in [0.2, 0.25) is 5.91 Å². The number of amides is 2. The number of piperazine rings is 1. The van der Waals surface area contributed by atoms with Crippen molar-refractivity contribution in [1.29, 1.82) is 0 Å². The van der Waals surface area contributed by atoms with Gasteiger partial charge in [-0.15, -0.1) is 0 Å². The fraction of sp³-hybridized carbons (Fsp3) is 0.409. The van der Waals surface area contributed by atoms with Crippen LogP contribution in [0.2, 0.25) is 0 Å². The number of carbonyl (C=O) groups excluding carboxylic acids is 2. The van der Waals surface area contributed by atoms with Gasteiger partial charge in [-0.05, 0) is 30.9 Å². The summed E-state index contributed by atoms with van der Waals surface area (Å²) in [6.45, 7) is 3.21. The van der Waals surface area contributed by atoms with Crippen LogP contribution in [0.25, 0.3) is 10.9 Å². The number of aromatic nitrogens is 3. The van der Waals surface area contributed by atoms with Crippen molar-refractivity contribution in [2.75, 3.05) is 26.2 Å². The topological polar surface area (TPSA) is 74.2 Å². The lowest BCUT2D eigenvalue weighted by Gasteiger charge is -2.35. The van der Waals surface area contributed by atoms with Crippen molar-refractivity contribution in [2.24, 2.45) is 0 Å². The molecule has 0 spiro atoms. The van der Waals surface area contributed by atoms with Crippen LogP contribution < -0.4 is 0 Å². The minimum atomic E-state index is 0.0527. The van der Waals surface area contributed by atoms with Gasteiger partial charge in [-0.2, -0.15) is 5.10 Å². The molecule has 0 bridgehead atoms. The summed E-state index contributed by atoms with van der Waals surface area (Å²) in [5, 5.41) is 5.48. The van der Waals surface area contributed by atoms with Crippen LogP contribution in [0.5, 0.6) is 0 Å². The van der Waals surface area contributed by atoms with E-state index < -0.39 is 0 Å². The smallest absolute Gasteiger partial charge is 0.257 e. The molecule has 1 aromatic carbocycles. The minimum absolute atomic E-state index is 0.0527. The van der Waals surface area contributed by atoms with Gasteiger partial charge < -0.3 is 14.8 Å². The number of fused-ring (bicyclic) bond motifs is 2. The molecule has 4 heterocycles. The number of hydrogen-bond acceptors (Lipinski definition) is 3. The van der Waals surface area contributed by atoms with Crippen LogP contribution in [0.3, 0.4) is 0 Å². The molecule has 150 valence electrons. The van der Waals surface area contributed by atoms with Crippen LogP contribution in [0.4, 0.5) is 0 Å². The Balaban J connectivity index is 1.22. The van der Waals surface area contributed by atoms with Gasteiger partial charge in [0.05, 0.1) is 23.9 Å². The zero-order chi connectivity index (χ0) is 19.8. The first kappa shape index (κ1) is 18.0. The van der Waals surface area contributed by atoms with E-state index in [0.717, 1.165) is 53.5 Å². The molecule has 1 N–H and O–H groups in total. The fourth-order valence-corrected chi connectivity index (χ4v) is 4.48. The van der Waals surface area contributed by atoms with E-state index in [-0.39, 0.29) is 11.8 Å². The lowest BCUT2D eigenvalue weighted by atomic mass is 10.1. The number of benzene rings is 1. The molecule has 2 aromatic heterocycles. The average molecular weight is 391 g/mol. The van der Waals surface area contributed by atoms with Gasteiger partial charge >= 0.3 is 0 Å². The molecule has 0 atom stereocenters. The Hall–Kier alpha value is -3.09. The largest absolute Gasteiger partial charge is 0.361 e. The molecule has 7 nitrogen and oxygen atoms in total. The van der Waals surface area contributed by atoms with Crippen LogP contribution >= 0.6 is 0 Å². The van der Waals surface area contributed by atoms with Gasteiger partial charge in [0.1, 0.15) is 0 Å². The number of nitrogens with one attached hydrogen (secondary N) is 1. The molecule has 1 saturated heterocycles. The molecule has 0 aliphatic carbocycles. The first-order valence-corrected chi connectivity index (χ1v) is 10.4. The summed E-state index contributed by atoms with van der Waals surface area (Å²) in [5.41, 5.74) is 3.88. The lowest BCUT2D eigenvalue weighted by Crippen LogP contribution is -2.51. The zero-order valence-corrected chi connectivity index (χ0v) is 16.4. The van der Waals surface area contributed by atoms with Gasteiger partial charge in [0.15, 0.2) is 0 Å². The molecule has 29 heavy (non-hydrogen) atoms. The number of H-pyrrole nitrogens is 1. The Kier molecular flexibility index (Phi) is 4.58. The zero-order valence-electron chi connectivity index (χ0n) is 16.4. The Morgan fingerprint density at radius 1 is 1.00 bits per heavy atom. The van der Waals surface area contributed by atoms with E-state index in [1.54, 1.807) is 6.20 Å². The van der Waals surface area contributed by atoms with Crippen LogP contribution in [-0.4, -0.2) is 62.6 Å². The summed E-state index contributed by atoms with van der Waals surface area (Å²) < 4.78 is 1.97. The van der Waals surface area contributed by atoms with E-state index in [1.807, 2.05) is 44.9 Å². The summed E-state index contributed by atoms with van der Waals surface area (Å²) in [6, 6.07) is 8.03. The van der Waals surface area contributed by atoms with Crippen molar-refractivity contribution in [3.05, 3.63) is 53.5 Å².